The van der Waals surface area contributed by atoms with Crippen LogP contribution >= 0.6 is 0 Å². The van der Waals surface area contributed by atoms with Crippen LogP contribution in [0.2, 0.25) is 0 Å². The predicted molar refractivity (Wildman–Crippen MR) is 50.8 cm³/mol. The summed E-state index contributed by atoms with van der Waals surface area (Å²) < 4.78 is 26.0. The van der Waals surface area contributed by atoms with Gasteiger partial charge in [0.05, 0.1) is 0 Å². The lowest BCUT2D eigenvalue weighted by Gasteiger charge is -2.14. The van der Waals surface area contributed by atoms with Gasteiger partial charge in [-0.15, -0.1) is 0 Å². The van der Waals surface area contributed by atoms with Crippen LogP contribution in [0.3, 0.4) is 0 Å². The molecule has 0 amide bonds. The Morgan fingerprint density at radius 3 is 2.46 bits per heavy atom. The van der Waals surface area contributed by atoms with Crippen molar-refractivity contribution in [2.75, 3.05) is 0 Å². The van der Waals surface area contributed by atoms with Crippen molar-refractivity contribution in [2.24, 2.45) is 0 Å². The highest BCUT2D eigenvalue weighted by Crippen LogP contribution is 2.30. The maximum absolute atomic E-state index is 13.0. The third-order valence-electron chi connectivity index (χ3n) is 1.97. The Balaban J connectivity index is 3.27. The molecule has 1 rings (SSSR count). The van der Waals surface area contributed by atoms with Crippen LogP contribution in [-0.4, -0.2) is 0 Å². The van der Waals surface area contributed by atoms with Gasteiger partial charge in [0.1, 0.15) is 0 Å². The molecule has 0 N–H and O–H groups in total. The summed E-state index contributed by atoms with van der Waals surface area (Å²) in [5.74, 6) is -2.77. The molecule has 0 fully saturated rings. The van der Waals surface area contributed by atoms with E-state index >= 15 is 0 Å². The summed E-state index contributed by atoms with van der Waals surface area (Å²) in [5, 5.41) is 0. The molecule has 0 aliphatic heterocycles. The van der Waals surface area contributed by atoms with Crippen molar-refractivity contribution in [3.8, 4) is 0 Å². The molecule has 0 aromatic heterocycles. The smallest absolute Gasteiger partial charge is 0.202 e. The quantitative estimate of drug-likeness (QED) is 0.653. The fourth-order valence-electron chi connectivity index (χ4n) is 1.24. The average molecular weight is 182 g/mol. The highest BCUT2D eigenvalue weighted by atomic mass is 19.3. The van der Waals surface area contributed by atoms with E-state index in [1.807, 2.05) is 0 Å². The fraction of sp³-hybridized carbons (Fsp3) is 0.273. The zero-order valence-electron chi connectivity index (χ0n) is 7.77. The van der Waals surface area contributed by atoms with Gasteiger partial charge >= 0.3 is 0 Å². The summed E-state index contributed by atoms with van der Waals surface area (Å²) in [6.45, 7) is 6.12. The van der Waals surface area contributed by atoms with Gasteiger partial charge in [0, 0.05) is 12.5 Å². The first-order valence-corrected chi connectivity index (χ1v) is 4.06. The van der Waals surface area contributed by atoms with E-state index in [-0.39, 0.29) is 5.56 Å². The van der Waals surface area contributed by atoms with Crippen LogP contribution in [0.15, 0.2) is 24.8 Å². The molecule has 0 unspecified atom stereocenters. The summed E-state index contributed by atoms with van der Waals surface area (Å²) in [4.78, 5) is 0. The highest BCUT2D eigenvalue weighted by molar-refractivity contribution is 5.50. The minimum Gasteiger partial charge on any atom is -0.202 e. The van der Waals surface area contributed by atoms with E-state index in [0.29, 0.717) is 5.56 Å². The Kier molecular flexibility index (Phi) is 2.50. The molecule has 70 valence electrons. The first-order chi connectivity index (χ1) is 5.95. The number of benzene rings is 1. The number of rotatable bonds is 2. The molecule has 0 saturated carbocycles. The number of halogens is 2. The standard InChI is InChI=1S/C11H12F2/c1-4-9-6-5-8(2)10(7-9)11(3,12)13/h4-7H,1H2,2-3H3. The first-order valence-electron chi connectivity index (χ1n) is 4.06. The Morgan fingerprint density at radius 2 is 2.00 bits per heavy atom. The van der Waals surface area contributed by atoms with Crippen LogP contribution in [-0.2, 0) is 5.92 Å². The van der Waals surface area contributed by atoms with Gasteiger partial charge in [0.15, 0.2) is 0 Å². The molecule has 0 atom stereocenters. The lowest BCUT2D eigenvalue weighted by atomic mass is 10.0. The van der Waals surface area contributed by atoms with Crippen molar-refractivity contribution in [1.29, 1.82) is 0 Å². The van der Waals surface area contributed by atoms with E-state index in [1.54, 1.807) is 25.1 Å². The van der Waals surface area contributed by atoms with Crippen molar-refractivity contribution in [1.82, 2.24) is 0 Å². The minimum atomic E-state index is -2.77. The average Bonchev–Trinajstić information content (AvgIpc) is 2.03. The van der Waals surface area contributed by atoms with Crippen LogP contribution in [0.1, 0.15) is 23.6 Å². The number of hydrogen-bond donors (Lipinski definition) is 0. The number of alkyl halides is 2. The van der Waals surface area contributed by atoms with Crippen molar-refractivity contribution >= 4 is 6.08 Å². The maximum atomic E-state index is 13.0. The van der Waals surface area contributed by atoms with E-state index in [1.165, 1.54) is 6.07 Å². The second kappa shape index (κ2) is 3.29. The molecule has 0 heterocycles. The summed E-state index contributed by atoms with van der Waals surface area (Å²) in [7, 11) is 0. The Morgan fingerprint density at radius 1 is 1.38 bits per heavy atom. The van der Waals surface area contributed by atoms with Crippen LogP contribution in [0.25, 0.3) is 6.08 Å². The van der Waals surface area contributed by atoms with Crippen LogP contribution < -0.4 is 0 Å². The zero-order valence-corrected chi connectivity index (χ0v) is 7.77. The normalized spacial score (nSPS) is 11.4. The van der Waals surface area contributed by atoms with Crippen molar-refractivity contribution in [3.63, 3.8) is 0 Å². The first kappa shape index (κ1) is 9.90. The van der Waals surface area contributed by atoms with E-state index in [0.717, 1.165) is 12.5 Å². The third kappa shape index (κ3) is 2.14. The largest absolute Gasteiger partial charge is 0.270 e. The lowest BCUT2D eigenvalue weighted by Crippen LogP contribution is -2.09. The molecule has 0 nitrogen and oxygen atoms in total. The molecule has 0 aliphatic carbocycles. The van der Waals surface area contributed by atoms with E-state index in [2.05, 4.69) is 6.58 Å². The summed E-state index contributed by atoms with van der Waals surface area (Å²) in [6.07, 6.45) is 1.56. The van der Waals surface area contributed by atoms with E-state index in [4.69, 9.17) is 0 Å². The maximum Gasteiger partial charge on any atom is 0.270 e. The highest BCUT2D eigenvalue weighted by Gasteiger charge is 2.26. The Bertz CT molecular complexity index is 321. The van der Waals surface area contributed by atoms with Crippen molar-refractivity contribution in [2.45, 2.75) is 19.8 Å². The Hall–Kier alpha value is -1.18. The van der Waals surface area contributed by atoms with Gasteiger partial charge < -0.3 is 0 Å². The second-order valence-corrected chi connectivity index (χ2v) is 3.17. The summed E-state index contributed by atoms with van der Waals surface area (Å²) >= 11 is 0. The zero-order chi connectivity index (χ0) is 10.1. The van der Waals surface area contributed by atoms with Crippen LogP contribution in [0.4, 0.5) is 8.78 Å². The Labute approximate surface area is 76.9 Å². The molecule has 0 spiro atoms. The van der Waals surface area contributed by atoms with Gasteiger partial charge in [-0.05, 0) is 24.1 Å². The van der Waals surface area contributed by atoms with Gasteiger partial charge in [-0.2, -0.15) is 0 Å². The molecular weight excluding hydrogens is 170 g/mol. The molecule has 0 aliphatic rings. The van der Waals surface area contributed by atoms with Crippen LogP contribution in [0.5, 0.6) is 0 Å². The van der Waals surface area contributed by atoms with E-state index < -0.39 is 5.92 Å². The van der Waals surface area contributed by atoms with Crippen molar-refractivity contribution < 1.29 is 8.78 Å². The predicted octanol–water partition coefficient (Wildman–Crippen LogP) is 3.75. The minimum absolute atomic E-state index is 0.0740. The molecule has 13 heavy (non-hydrogen) atoms. The SMILES string of the molecule is C=Cc1ccc(C)c(C(C)(F)F)c1. The molecule has 0 bridgehead atoms. The molecule has 2 heteroatoms. The molecule has 1 aromatic rings. The van der Waals surface area contributed by atoms with E-state index in [9.17, 15) is 8.78 Å². The van der Waals surface area contributed by atoms with Gasteiger partial charge in [0.25, 0.3) is 5.92 Å². The van der Waals surface area contributed by atoms with Gasteiger partial charge in [-0.25, -0.2) is 8.78 Å². The fourth-order valence-corrected chi connectivity index (χ4v) is 1.24. The van der Waals surface area contributed by atoms with Gasteiger partial charge in [0.2, 0.25) is 0 Å². The van der Waals surface area contributed by atoms with Gasteiger partial charge in [-0.3, -0.25) is 0 Å². The summed E-state index contributed by atoms with van der Waals surface area (Å²) in [5.41, 5.74) is 1.41. The van der Waals surface area contributed by atoms with Crippen LogP contribution in [0, 0.1) is 6.92 Å². The van der Waals surface area contributed by atoms with Gasteiger partial charge in [-0.1, -0.05) is 24.8 Å². The molecule has 0 saturated heterocycles. The molecule has 1 aromatic carbocycles. The third-order valence-corrected chi connectivity index (χ3v) is 1.97. The number of hydrogen-bond acceptors (Lipinski definition) is 0. The molecular formula is C11H12F2. The van der Waals surface area contributed by atoms with Crippen molar-refractivity contribution in [3.05, 3.63) is 41.5 Å². The second-order valence-electron chi connectivity index (χ2n) is 3.17. The monoisotopic (exact) mass is 182 g/mol. The summed E-state index contributed by atoms with van der Waals surface area (Å²) in [6, 6.07) is 4.93. The lowest BCUT2D eigenvalue weighted by molar-refractivity contribution is 0.0168. The number of aryl methyl sites for hydroxylation is 1. The topological polar surface area (TPSA) is 0 Å². The molecule has 0 radical (unpaired) electrons.